The van der Waals surface area contributed by atoms with Crippen LogP contribution in [0.5, 0.6) is 0 Å². The number of halogens is 1. The third kappa shape index (κ3) is 2.00. The van der Waals surface area contributed by atoms with Gasteiger partial charge in [-0.1, -0.05) is 41.9 Å². The standard InChI is InChI=1S/C16H13ClN2O/c1-10-15(17)11(2)19(18-10)16(20)14-8-7-12-5-3-4-6-13(12)9-14/h3-9H,1-2H3. The molecule has 0 aliphatic rings. The van der Waals surface area contributed by atoms with E-state index < -0.39 is 0 Å². The number of benzene rings is 2. The van der Waals surface area contributed by atoms with Crippen LogP contribution in [0.25, 0.3) is 10.8 Å². The summed E-state index contributed by atoms with van der Waals surface area (Å²) in [6.45, 7) is 3.58. The van der Waals surface area contributed by atoms with Gasteiger partial charge >= 0.3 is 0 Å². The Labute approximate surface area is 121 Å². The van der Waals surface area contributed by atoms with Gasteiger partial charge in [-0.25, -0.2) is 0 Å². The summed E-state index contributed by atoms with van der Waals surface area (Å²) in [6, 6.07) is 13.6. The molecule has 1 aromatic heterocycles. The predicted molar refractivity (Wildman–Crippen MR) is 80.4 cm³/mol. The zero-order valence-electron chi connectivity index (χ0n) is 11.2. The van der Waals surface area contributed by atoms with Crippen LogP contribution >= 0.6 is 11.6 Å². The molecule has 20 heavy (non-hydrogen) atoms. The lowest BCUT2D eigenvalue weighted by atomic mass is 10.1. The number of fused-ring (bicyclic) bond motifs is 1. The van der Waals surface area contributed by atoms with Crippen molar-refractivity contribution in [3.8, 4) is 0 Å². The second-order valence-corrected chi connectivity index (χ2v) is 5.14. The maximum atomic E-state index is 12.5. The zero-order valence-corrected chi connectivity index (χ0v) is 12.0. The molecule has 0 aliphatic carbocycles. The lowest BCUT2D eigenvalue weighted by Gasteiger charge is -2.05. The van der Waals surface area contributed by atoms with Gasteiger partial charge < -0.3 is 0 Å². The molecule has 0 atom stereocenters. The van der Waals surface area contributed by atoms with Gasteiger partial charge in [0.1, 0.15) is 0 Å². The van der Waals surface area contributed by atoms with Crippen LogP contribution in [0, 0.1) is 13.8 Å². The topological polar surface area (TPSA) is 34.9 Å². The number of hydrogen-bond acceptors (Lipinski definition) is 2. The van der Waals surface area contributed by atoms with Crippen molar-refractivity contribution in [2.45, 2.75) is 13.8 Å². The highest BCUT2D eigenvalue weighted by atomic mass is 35.5. The van der Waals surface area contributed by atoms with Crippen molar-refractivity contribution in [2.24, 2.45) is 0 Å². The van der Waals surface area contributed by atoms with Crippen LogP contribution in [0.4, 0.5) is 0 Å². The minimum Gasteiger partial charge on any atom is -0.267 e. The molecule has 3 nitrogen and oxygen atoms in total. The average molecular weight is 285 g/mol. The monoisotopic (exact) mass is 284 g/mol. The molecule has 0 unspecified atom stereocenters. The van der Waals surface area contributed by atoms with Gasteiger partial charge in [-0.05, 0) is 36.8 Å². The Morgan fingerprint density at radius 2 is 1.80 bits per heavy atom. The summed E-state index contributed by atoms with van der Waals surface area (Å²) < 4.78 is 1.36. The molecule has 2 aromatic carbocycles. The highest BCUT2D eigenvalue weighted by molar-refractivity contribution is 6.32. The van der Waals surface area contributed by atoms with Gasteiger partial charge in [0, 0.05) is 5.56 Å². The molecule has 4 heteroatoms. The number of carbonyl (C=O) groups is 1. The first-order valence-electron chi connectivity index (χ1n) is 6.33. The minimum absolute atomic E-state index is 0.164. The van der Waals surface area contributed by atoms with E-state index in [-0.39, 0.29) is 5.91 Å². The predicted octanol–water partition coefficient (Wildman–Crippen LogP) is 4.00. The Kier molecular flexibility index (Phi) is 3.07. The van der Waals surface area contributed by atoms with Crippen molar-refractivity contribution in [1.82, 2.24) is 9.78 Å². The third-order valence-corrected chi connectivity index (χ3v) is 3.94. The SMILES string of the molecule is Cc1nn(C(=O)c2ccc3ccccc3c2)c(C)c1Cl. The van der Waals surface area contributed by atoms with Crippen molar-refractivity contribution in [3.63, 3.8) is 0 Å². The molecular formula is C16H13ClN2O. The van der Waals surface area contributed by atoms with Crippen molar-refractivity contribution in [2.75, 3.05) is 0 Å². The van der Waals surface area contributed by atoms with Gasteiger partial charge in [0.25, 0.3) is 5.91 Å². The molecule has 3 rings (SSSR count). The second-order valence-electron chi connectivity index (χ2n) is 4.76. The minimum atomic E-state index is -0.164. The Bertz CT molecular complexity index is 820. The maximum absolute atomic E-state index is 12.5. The Hall–Kier alpha value is -2.13. The van der Waals surface area contributed by atoms with Gasteiger partial charge in [0.2, 0.25) is 0 Å². The molecule has 100 valence electrons. The van der Waals surface area contributed by atoms with E-state index >= 15 is 0 Å². The van der Waals surface area contributed by atoms with Crippen molar-refractivity contribution in [3.05, 3.63) is 64.4 Å². The molecule has 0 radical (unpaired) electrons. The van der Waals surface area contributed by atoms with Crippen LogP contribution in [-0.2, 0) is 0 Å². The van der Waals surface area contributed by atoms with E-state index in [2.05, 4.69) is 5.10 Å². The molecule has 3 aromatic rings. The van der Waals surface area contributed by atoms with Crippen LogP contribution in [0.2, 0.25) is 5.02 Å². The van der Waals surface area contributed by atoms with Gasteiger partial charge in [-0.2, -0.15) is 9.78 Å². The molecular weight excluding hydrogens is 272 g/mol. The van der Waals surface area contributed by atoms with Gasteiger partial charge in [0.15, 0.2) is 0 Å². The Morgan fingerprint density at radius 1 is 1.10 bits per heavy atom. The highest BCUT2D eigenvalue weighted by Crippen LogP contribution is 2.21. The van der Waals surface area contributed by atoms with E-state index in [1.807, 2.05) is 42.5 Å². The number of aromatic nitrogens is 2. The largest absolute Gasteiger partial charge is 0.278 e. The third-order valence-electron chi connectivity index (χ3n) is 3.39. The van der Waals surface area contributed by atoms with E-state index in [9.17, 15) is 4.79 Å². The van der Waals surface area contributed by atoms with Crippen LogP contribution in [0.1, 0.15) is 21.7 Å². The van der Waals surface area contributed by atoms with E-state index in [1.54, 1.807) is 13.8 Å². The first-order valence-corrected chi connectivity index (χ1v) is 6.71. The molecule has 1 heterocycles. The van der Waals surface area contributed by atoms with Crippen LogP contribution in [0.15, 0.2) is 42.5 Å². The van der Waals surface area contributed by atoms with Crippen LogP contribution in [-0.4, -0.2) is 15.7 Å². The fourth-order valence-corrected chi connectivity index (χ4v) is 2.38. The summed E-state index contributed by atoms with van der Waals surface area (Å²) in [6.07, 6.45) is 0. The summed E-state index contributed by atoms with van der Waals surface area (Å²) in [5.74, 6) is -0.164. The fourth-order valence-electron chi connectivity index (χ4n) is 2.27. The Balaban J connectivity index is 2.10. The number of aryl methyl sites for hydroxylation is 1. The number of rotatable bonds is 1. The van der Waals surface area contributed by atoms with Crippen LogP contribution in [0.3, 0.4) is 0 Å². The molecule has 0 aliphatic heterocycles. The number of hydrogen-bond donors (Lipinski definition) is 0. The Morgan fingerprint density at radius 3 is 2.45 bits per heavy atom. The molecule has 0 saturated heterocycles. The molecule has 0 saturated carbocycles. The highest BCUT2D eigenvalue weighted by Gasteiger charge is 2.16. The van der Waals surface area contributed by atoms with E-state index in [0.29, 0.717) is 22.0 Å². The van der Waals surface area contributed by atoms with Gasteiger partial charge in [0.05, 0.1) is 16.4 Å². The maximum Gasteiger partial charge on any atom is 0.278 e. The van der Waals surface area contributed by atoms with Gasteiger partial charge in [-0.3, -0.25) is 4.79 Å². The number of carbonyl (C=O) groups excluding carboxylic acids is 1. The summed E-state index contributed by atoms with van der Waals surface area (Å²) in [7, 11) is 0. The van der Waals surface area contributed by atoms with Gasteiger partial charge in [-0.15, -0.1) is 0 Å². The lowest BCUT2D eigenvalue weighted by molar-refractivity contribution is 0.0942. The zero-order chi connectivity index (χ0) is 14.3. The molecule has 0 bridgehead atoms. The average Bonchev–Trinajstić information content (AvgIpc) is 2.73. The molecule has 0 fully saturated rings. The van der Waals surface area contributed by atoms with Crippen molar-refractivity contribution in [1.29, 1.82) is 0 Å². The summed E-state index contributed by atoms with van der Waals surface area (Å²) in [5.41, 5.74) is 1.94. The quantitative estimate of drug-likeness (QED) is 0.677. The summed E-state index contributed by atoms with van der Waals surface area (Å²) in [4.78, 5) is 12.5. The first kappa shape index (κ1) is 12.9. The van der Waals surface area contributed by atoms with Crippen molar-refractivity contribution < 1.29 is 4.79 Å². The fraction of sp³-hybridized carbons (Fsp3) is 0.125. The van der Waals surface area contributed by atoms with E-state index in [4.69, 9.17) is 11.6 Å². The lowest BCUT2D eigenvalue weighted by Crippen LogP contribution is -2.15. The normalized spacial score (nSPS) is 10.9. The molecule has 0 amide bonds. The first-order chi connectivity index (χ1) is 9.58. The number of nitrogens with zero attached hydrogens (tertiary/aromatic N) is 2. The second kappa shape index (κ2) is 4.76. The van der Waals surface area contributed by atoms with E-state index in [0.717, 1.165) is 10.8 Å². The van der Waals surface area contributed by atoms with Crippen LogP contribution < -0.4 is 0 Å². The summed E-state index contributed by atoms with van der Waals surface area (Å²) in [5, 5.41) is 6.88. The van der Waals surface area contributed by atoms with Crippen molar-refractivity contribution >= 4 is 28.3 Å². The molecule has 0 spiro atoms. The van der Waals surface area contributed by atoms with E-state index in [1.165, 1.54) is 4.68 Å². The summed E-state index contributed by atoms with van der Waals surface area (Å²) >= 11 is 6.09. The smallest absolute Gasteiger partial charge is 0.267 e. The molecule has 0 N–H and O–H groups in total.